The van der Waals surface area contributed by atoms with Gasteiger partial charge < -0.3 is 10.3 Å². The first-order valence-corrected chi connectivity index (χ1v) is 8.01. The van der Waals surface area contributed by atoms with Crippen molar-refractivity contribution >= 4 is 0 Å². The Morgan fingerprint density at radius 1 is 1.40 bits per heavy atom. The van der Waals surface area contributed by atoms with Crippen LogP contribution in [0.5, 0.6) is 0 Å². The van der Waals surface area contributed by atoms with Gasteiger partial charge in [0.1, 0.15) is 0 Å². The van der Waals surface area contributed by atoms with E-state index in [1.807, 2.05) is 12.5 Å². The lowest BCUT2D eigenvalue weighted by molar-refractivity contribution is 0.0711. The molecule has 1 aromatic heterocycles. The largest absolute Gasteiger partial charge is 0.333 e. The number of nitrogens with zero attached hydrogens (tertiary/aromatic N) is 4. The Hall–Kier alpha value is -0.910. The van der Waals surface area contributed by atoms with Crippen LogP contribution in [-0.2, 0) is 6.54 Å². The maximum Gasteiger partial charge on any atom is 0.0948 e. The summed E-state index contributed by atoms with van der Waals surface area (Å²) in [4.78, 5) is 9.57. The standard InChI is InChI=1S/C15H27N5/c1-2-5-20-12-17-10-15(20)14(9-16)19-8-7-18-6-3-4-13(18)11-19/h10,12-14H,2-9,11,16H2,1H3. The highest BCUT2D eigenvalue weighted by molar-refractivity contribution is 5.08. The normalized spacial score (nSPS) is 25.8. The maximum atomic E-state index is 6.10. The van der Waals surface area contributed by atoms with Gasteiger partial charge in [-0.1, -0.05) is 6.92 Å². The molecular formula is C15H27N5. The summed E-state index contributed by atoms with van der Waals surface area (Å²) in [6.07, 6.45) is 7.81. The van der Waals surface area contributed by atoms with Gasteiger partial charge in [-0.25, -0.2) is 4.98 Å². The molecule has 3 rings (SSSR count). The van der Waals surface area contributed by atoms with Gasteiger partial charge in [0.2, 0.25) is 0 Å². The highest BCUT2D eigenvalue weighted by Gasteiger charge is 2.34. The number of hydrogen-bond donors (Lipinski definition) is 1. The number of rotatable bonds is 5. The monoisotopic (exact) mass is 277 g/mol. The third-order valence-corrected chi connectivity index (χ3v) is 4.83. The molecule has 2 aliphatic heterocycles. The minimum atomic E-state index is 0.326. The highest BCUT2D eigenvalue weighted by atomic mass is 15.3. The van der Waals surface area contributed by atoms with Crippen LogP contribution in [0.15, 0.2) is 12.5 Å². The summed E-state index contributed by atoms with van der Waals surface area (Å²) in [5.74, 6) is 0. The van der Waals surface area contributed by atoms with Crippen molar-refractivity contribution in [3.8, 4) is 0 Å². The molecule has 2 N–H and O–H groups in total. The van der Waals surface area contributed by atoms with Crippen molar-refractivity contribution in [2.75, 3.05) is 32.7 Å². The van der Waals surface area contributed by atoms with Crippen LogP contribution in [0.3, 0.4) is 0 Å². The Balaban J connectivity index is 1.74. The summed E-state index contributed by atoms with van der Waals surface area (Å²) in [6, 6.07) is 1.08. The fraction of sp³-hybridized carbons (Fsp3) is 0.800. The number of fused-ring (bicyclic) bond motifs is 1. The van der Waals surface area contributed by atoms with Crippen molar-refractivity contribution in [2.24, 2.45) is 5.73 Å². The molecule has 5 heteroatoms. The smallest absolute Gasteiger partial charge is 0.0948 e. The number of aromatic nitrogens is 2. The van der Waals surface area contributed by atoms with Crippen LogP contribution in [0.4, 0.5) is 0 Å². The molecule has 0 aromatic carbocycles. The van der Waals surface area contributed by atoms with Crippen LogP contribution < -0.4 is 5.73 Å². The van der Waals surface area contributed by atoms with E-state index in [1.54, 1.807) is 0 Å². The lowest BCUT2D eigenvalue weighted by Crippen LogP contribution is -2.52. The van der Waals surface area contributed by atoms with Gasteiger partial charge in [0.15, 0.2) is 0 Å². The zero-order valence-electron chi connectivity index (χ0n) is 12.5. The van der Waals surface area contributed by atoms with E-state index in [9.17, 15) is 0 Å². The molecule has 2 unspecified atom stereocenters. The van der Waals surface area contributed by atoms with Gasteiger partial charge in [-0.15, -0.1) is 0 Å². The van der Waals surface area contributed by atoms with Gasteiger partial charge in [0, 0.05) is 45.0 Å². The van der Waals surface area contributed by atoms with E-state index in [4.69, 9.17) is 5.73 Å². The minimum absolute atomic E-state index is 0.326. The van der Waals surface area contributed by atoms with Gasteiger partial charge in [0.05, 0.1) is 18.1 Å². The molecule has 5 nitrogen and oxygen atoms in total. The predicted molar refractivity (Wildman–Crippen MR) is 80.5 cm³/mol. The average molecular weight is 277 g/mol. The van der Waals surface area contributed by atoms with Crippen LogP contribution in [-0.4, -0.2) is 58.1 Å². The molecule has 2 saturated heterocycles. The Morgan fingerprint density at radius 3 is 3.10 bits per heavy atom. The second kappa shape index (κ2) is 6.24. The maximum absolute atomic E-state index is 6.10. The van der Waals surface area contributed by atoms with Crippen LogP contribution in [0.2, 0.25) is 0 Å². The second-order valence-electron chi connectivity index (χ2n) is 6.09. The zero-order chi connectivity index (χ0) is 13.9. The summed E-state index contributed by atoms with van der Waals surface area (Å²) in [7, 11) is 0. The van der Waals surface area contributed by atoms with Crippen LogP contribution in [0.1, 0.15) is 37.9 Å². The zero-order valence-corrected chi connectivity index (χ0v) is 12.5. The third-order valence-electron chi connectivity index (χ3n) is 4.83. The summed E-state index contributed by atoms with van der Waals surface area (Å²) in [6.45, 7) is 8.72. The number of piperazine rings is 1. The molecule has 2 aliphatic rings. The number of aryl methyl sites for hydroxylation is 1. The lowest BCUT2D eigenvalue weighted by atomic mass is 10.1. The fourth-order valence-corrected chi connectivity index (χ4v) is 3.79. The molecule has 0 amide bonds. The van der Waals surface area contributed by atoms with E-state index >= 15 is 0 Å². The summed E-state index contributed by atoms with van der Waals surface area (Å²) in [5, 5.41) is 0. The molecule has 0 bridgehead atoms. The quantitative estimate of drug-likeness (QED) is 0.875. The predicted octanol–water partition coefficient (Wildman–Crippen LogP) is 1.07. The van der Waals surface area contributed by atoms with Crippen molar-refractivity contribution in [2.45, 2.75) is 44.8 Å². The van der Waals surface area contributed by atoms with Gasteiger partial charge in [0.25, 0.3) is 0 Å². The first-order valence-electron chi connectivity index (χ1n) is 8.01. The second-order valence-corrected chi connectivity index (χ2v) is 6.09. The Bertz CT molecular complexity index is 430. The Labute approximate surface area is 121 Å². The molecule has 112 valence electrons. The summed E-state index contributed by atoms with van der Waals surface area (Å²) in [5.41, 5.74) is 7.39. The van der Waals surface area contributed by atoms with Crippen molar-refractivity contribution in [3.05, 3.63) is 18.2 Å². The number of nitrogens with two attached hydrogens (primary N) is 1. The Kier molecular flexibility index (Phi) is 4.38. The van der Waals surface area contributed by atoms with Crippen LogP contribution in [0.25, 0.3) is 0 Å². The van der Waals surface area contributed by atoms with Gasteiger partial charge >= 0.3 is 0 Å². The summed E-state index contributed by atoms with van der Waals surface area (Å²) >= 11 is 0. The van der Waals surface area contributed by atoms with E-state index in [2.05, 4.69) is 26.3 Å². The number of hydrogen-bond acceptors (Lipinski definition) is 4. The molecule has 2 atom stereocenters. The summed E-state index contributed by atoms with van der Waals surface area (Å²) < 4.78 is 2.28. The van der Waals surface area contributed by atoms with E-state index < -0.39 is 0 Å². The average Bonchev–Trinajstić information content (AvgIpc) is 3.09. The molecule has 0 saturated carbocycles. The number of imidazole rings is 1. The topological polar surface area (TPSA) is 50.3 Å². The van der Waals surface area contributed by atoms with E-state index in [0.717, 1.165) is 25.6 Å². The van der Waals surface area contributed by atoms with E-state index in [-0.39, 0.29) is 0 Å². The van der Waals surface area contributed by atoms with Crippen molar-refractivity contribution in [1.29, 1.82) is 0 Å². The SMILES string of the molecule is CCCn1cncc1C(CN)N1CCN2CCCC2C1. The first kappa shape index (κ1) is 14.0. The van der Waals surface area contributed by atoms with Gasteiger partial charge in [-0.05, 0) is 25.8 Å². The third kappa shape index (κ3) is 2.62. The van der Waals surface area contributed by atoms with Crippen molar-refractivity contribution in [1.82, 2.24) is 19.4 Å². The molecule has 2 fully saturated rings. The molecule has 1 aromatic rings. The van der Waals surface area contributed by atoms with Gasteiger partial charge in [-0.3, -0.25) is 9.80 Å². The minimum Gasteiger partial charge on any atom is -0.333 e. The fourth-order valence-electron chi connectivity index (χ4n) is 3.79. The van der Waals surface area contributed by atoms with Crippen LogP contribution in [0, 0.1) is 0 Å². The Morgan fingerprint density at radius 2 is 2.30 bits per heavy atom. The molecule has 0 radical (unpaired) electrons. The molecule has 20 heavy (non-hydrogen) atoms. The molecular weight excluding hydrogens is 250 g/mol. The molecule has 0 spiro atoms. The van der Waals surface area contributed by atoms with Crippen molar-refractivity contribution < 1.29 is 0 Å². The van der Waals surface area contributed by atoms with Crippen LogP contribution >= 0.6 is 0 Å². The van der Waals surface area contributed by atoms with E-state index in [0.29, 0.717) is 12.6 Å². The highest BCUT2D eigenvalue weighted by Crippen LogP contribution is 2.27. The first-order chi connectivity index (χ1) is 9.83. The lowest BCUT2D eigenvalue weighted by Gasteiger charge is -2.41. The molecule has 3 heterocycles. The van der Waals surface area contributed by atoms with Gasteiger partial charge in [-0.2, -0.15) is 0 Å². The molecule has 0 aliphatic carbocycles. The van der Waals surface area contributed by atoms with E-state index in [1.165, 1.54) is 38.2 Å². The van der Waals surface area contributed by atoms with Crippen molar-refractivity contribution in [3.63, 3.8) is 0 Å².